The second-order valence-corrected chi connectivity index (χ2v) is 5.15. The molecular formula is C14H20N2O4. The summed E-state index contributed by atoms with van der Waals surface area (Å²) >= 11 is 0. The topological polar surface area (TPSA) is 71.0 Å². The van der Waals surface area contributed by atoms with Crippen LogP contribution in [0.1, 0.15) is 12.5 Å². The van der Waals surface area contributed by atoms with Crippen LogP contribution in [0.5, 0.6) is 0 Å². The molecule has 1 aliphatic rings. The number of β-amino-alcohol motifs (C(OH)–C–C–N with tert-alkyl or cyclic N) is 1. The highest BCUT2D eigenvalue weighted by molar-refractivity contribution is 5.68. The molecule has 1 aromatic rings. The molecule has 0 unspecified atom stereocenters. The number of hydrogen-bond acceptors (Lipinski definition) is 5. The number of nitrogens with zero attached hydrogens (tertiary/aromatic N) is 1. The van der Waals surface area contributed by atoms with Crippen molar-refractivity contribution in [3.05, 3.63) is 35.9 Å². The normalized spacial score (nSPS) is 25.8. The second-order valence-electron chi connectivity index (χ2n) is 5.15. The molecule has 0 saturated carbocycles. The van der Waals surface area contributed by atoms with Gasteiger partial charge in [-0.15, -0.1) is 0 Å². The Kier molecular flexibility index (Phi) is 4.59. The number of rotatable bonds is 4. The number of likely N-dealkylation sites (tertiary alicyclic amines) is 1. The lowest BCUT2D eigenvalue weighted by molar-refractivity contribution is -0.0227. The maximum atomic E-state index is 12.0. The maximum absolute atomic E-state index is 12.0. The number of ether oxygens (including phenoxy) is 1. The Bertz CT molecular complexity index is 450. The van der Waals surface area contributed by atoms with Crippen molar-refractivity contribution in [3.63, 3.8) is 0 Å². The lowest BCUT2D eigenvalue weighted by Crippen LogP contribution is -2.47. The number of nitrogens with one attached hydrogen (secondary N) is 1. The van der Waals surface area contributed by atoms with E-state index in [1.165, 1.54) is 12.0 Å². The van der Waals surface area contributed by atoms with E-state index in [0.717, 1.165) is 5.56 Å². The van der Waals surface area contributed by atoms with Crippen molar-refractivity contribution in [3.8, 4) is 0 Å². The lowest BCUT2D eigenvalue weighted by Gasteiger charge is -2.23. The van der Waals surface area contributed by atoms with Gasteiger partial charge in [0, 0.05) is 6.54 Å². The van der Waals surface area contributed by atoms with Crippen LogP contribution < -0.4 is 5.48 Å². The first-order chi connectivity index (χ1) is 9.53. The van der Waals surface area contributed by atoms with E-state index in [1.807, 2.05) is 30.3 Å². The van der Waals surface area contributed by atoms with E-state index in [2.05, 4.69) is 5.48 Å². The van der Waals surface area contributed by atoms with Crippen LogP contribution in [0.15, 0.2) is 30.3 Å². The van der Waals surface area contributed by atoms with Crippen LogP contribution in [0.2, 0.25) is 0 Å². The lowest BCUT2D eigenvalue weighted by atomic mass is 10.0. The van der Waals surface area contributed by atoms with Gasteiger partial charge in [-0.1, -0.05) is 30.3 Å². The van der Waals surface area contributed by atoms with Crippen molar-refractivity contribution < 1.29 is 19.5 Å². The van der Waals surface area contributed by atoms with Gasteiger partial charge in [-0.05, 0) is 12.5 Å². The molecule has 0 aliphatic carbocycles. The van der Waals surface area contributed by atoms with Crippen molar-refractivity contribution in [2.45, 2.75) is 25.2 Å². The number of amides is 1. The maximum Gasteiger partial charge on any atom is 0.410 e. The van der Waals surface area contributed by atoms with Gasteiger partial charge in [0.1, 0.15) is 6.61 Å². The van der Waals surface area contributed by atoms with E-state index >= 15 is 0 Å². The van der Waals surface area contributed by atoms with Crippen molar-refractivity contribution in [1.29, 1.82) is 0 Å². The van der Waals surface area contributed by atoms with Gasteiger partial charge in [-0.3, -0.25) is 0 Å². The number of aliphatic hydroxyl groups is 1. The molecular weight excluding hydrogens is 260 g/mol. The quantitative estimate of drug-likeness (QED) is 0.802. The molecule has 1 heterocycles. The van der Waals surface area contributed by atoms with Crippen LogP contribution in [0.3, 0.4) is 0 Å². The first-order valence-corrected chi connectivity index (χ1v) is 6.49. The molecule has 2 rings (SSSR count). The predicted molar refractivity (Wildman–Crippen MR) is 72.8 cm³/mol. The minimum Gasteiger partial charge on any atom is -0.445 e. The number of hydrogen-bond donors (Lipinski definition) is 2. The zero-order valence-electron chi connectivity index (χ0n) is 11.7. The monoisotopic (exact) mass is 280 g/mol. The van der Waals surface area contributed by atoms with Crippen LogP contribution in [-0.4, -0.2) is 47.9 Å². The summed E-state index contributed by atoms with van der Waals surface area (Å²) < 4.78 is 5.24. The average molecular weight is 280 g/mol. The molecule has 2 atom stereocenters. The summed E-state index contributed by atoms with van der Waals surface area (Å²) in [5.41, 5.74) is 2.58. The van der Waals surface area contributed by atoms with E-state index in [1.54, 1.807) is 6.92 Å². The highest BCUT2D eigenvalue weighted by Crippen LogP contribution is 2.22. The Balaban J connectivity index is 1.88. The molecule has 0 bridgehead atoms. The van der Waals surface area contributed by atoms with E-state index in [-0.39, 0.29) is 19.2 Å². The Hall–Kier alpha value is -1.63. The van der Waals surface area contributed by atoms with Gasteiger partial charge in [0.15, 0.2) is 0 Å². The smallest absolute Gasteiger partial charge is 0.410 e. The SMILES string of the molecule is CON[C@H]1CN(C(=O)OCc2ccccc2)C[C@@]1(C)O. The van der Waals surface area contributed by atoms with Crippen molar-refractivity contribution in [2.75, 3.05) is 20.2 Å². The average Bonchev–Trinajstić information content (AvgIpc) is 2.73. The molecule has 6 nitrogen and oxygen atoms in total. The fourth-order valence-electron chi connectivity index (χ4n) is 2.23. The number of benzene rings is 1. The van der Waals surface area contributed by atoms with Crippen LogP contribution in [0.4, 0.5) is 4.79 Å². The first-order valence-electron chi connectivity index (χ1n) is 6.49. The summed E-state index contributed by atoms with van der Waals surface area (Å²) in [6.45, 7) is 2.44. The molecule has 1 saturated heterocycles. The van der Waals surface area contributed by atoms with Crippen molar-refractivity contribution >= 4 is 6.09 Å². The number of hydroxylamine groups is 1. The molecule has 110 valence electrons. The molecule has 6 heteroatoms. The predicted octanol–water partition coefficient (Wildman–Crippen LogP) is 0.909. The zero-order valence-corrected chi connectivity index (χ0v) is 11.7. The van der Waals surface area contributed by atoms with Gasteiger partial charge in [0.05, 0.1) is 25.3 Å². The molecule has 0 aromatic heterocycles. The molecule has 0 spiro atoms. The van der Waals surface area contributed by atoms with Gasteiger partial charge < -0.3 is 19.6 Å². The molecule has 20 heavy (non-hydrogen) atoms. The van der Waals surface area contributed by atoms with Gasteiger partial charge in [-0.2, -0.15) is 5.48 Å². The Labute approximate surface area is 118 Å². The minimum absolute atomic E-state index is 0.210. The van der Waals surface area contributed by atoms with Crippen LogP contribution >= 0.6 is 0 Å². The van der Waals surface area contributed by atoms with Crippen molar-refractivity contribution in [1.82, 2.24) is 10.4 Å². The van der Waals surface area contributed by atoms with Gasteiger partial charge in [-0.25, -0.2) is 4.79 Å². The fraction of sp³-hybridized carbons (Fsp3) is 0.500. The van der Waals surface area contributed by atoms with Crippen LogP contribution in [-0.2, 0) is 16.2 Å². The number of carbonyl (C=O) groups excluding carboxylic acids is 1. The third kappa shape index (κ3) is 3.47. The second kappa shape index (κ2) is 6.21. The largest absolute Gasteiger partial charge is 0.445 e. The highest BCUT2D eigenvalue weighted by atomic mass is 16.6. The Morgan fingerprint density at radius 3 is 2.85 bits per heavy atom. The summed E-state index contributed by atoms with van der Waals surface area (Å²) in [6, 6.07) is 9.14. The zero-order chi connectivity index (χ0) is 14.6. The van der Waals surface area contributed by atoms with Crippen molar-refractivity contribution in [2.24, 2.45) is 0 Å². The van der Waals surface area contributed by atoms with Crippen LogP contribution in [0.25, 0.3) is 0 Å². The highest BCUT2D eigenvalue weighted by Gasteiger charge is 2.44. The molecule has 0 radical (unpaired) electrons. The van der Waals surface area contributed by atoms with E-state index < -0.39 is 11.7 Å². The molecule has 2 N–H and O–H groups in total. The van der Waals surface area contributed by atoms with Gasteiger partial charge in [0.2, 0.25) is 0 Å². The summed E-state index contributed by atoms with van der Waals surface area (Å²) in [4.78, 5) is 18.3. The Morgan fingerprint density at radius 2 is 2.20 bits per heavy atom. The molecule has 1 fully saturated rings. The standard InChI is InChI=1S/C14H20N2O4/c1-14(18)10-16(8-12(14)15-19-2)13(17)20-9-11-6-4-3-5-7-11/h3-7,12,15,18H,8-10H2,1-2H3/t12-,14+/m0/s1. The summed E-state index contributed by atoms with van der Waals surface area (Å²) in [6.07, 6.45) is -0.436. The third-order valence-electron chi connectivity index (χ3n) is 3.39. The third-order valence-corrected chi connectivity index (χ3v) is 3.39. The van der Waals surface area contributed by atoms with Crippen LogP contribution in [0, 0.1) is 0 Å². The van der Waals surface area contributed by atoms with Gasteiger partial charge in [0.25, 0.3) is 0 Å². The molecule has 1 aliphatic heterocycles. The molecule has 1 amide bonds. The van der Waals surface area contributed by atoms with E-state index in [4.69, 9.17) is 9.57 Å². The van der Waals surface area contributed by atoms with E-state index in [9.17, 15) is 9.90 Å². The molecule has 1 aromatic carbocycles. The summed E-state index contributed by atoms with van der Waals surface area (Å²) in [7, 11) is 1.48. The Morgan fingerprint density at radius 1 is 1.50 bits per heavy atom. The fourth-order valence-corrected chi connectivity index (χ4v) is 2.23. The first kappa shape index (κ1) is 14.8. The summed E-state index contributed by atoms with van der Waals surface area (Å²) in [5.74, 6) is 0. The summed E-state index contributed by atoms with van der Waals surface area (Å²) in [5, 5.41) is 10.2. The van der Waals surface area contributed by atoms with E-state index in [0.29, 0.717) is 6.54 Å². The van der Waals surface area contributed by atoms with Gasteiger partial charge >= 0.3 is 6.09 Å². The minimum atomic E-state index is -1.04. The number of carbonyl (C=O) groups is 1.